The van der Waals surface area contributed by atoms with Crippen molar-refractivity contribution in [1.29, 1.82) is 0 Å². The van der Waals surface area contributed by atoms with Gasteiger partial charge in [0, 0.05) is 13.5 Å². The number of aliphatic hydroxyl groups is 2. The van der Waals surface area contributed by atoms with Crippen molar-refractivity contribution in [2.75, 3.05) is 6.54 Å². The van der Waals surface area contributed by atoms with Gasteiger partial charge < -0.3 is 38.0 Å². The molecule has 0 unspecified atom stereocenters. The number of nitrogens with one attached hydrogen (secondary N) is 3. The summed E-state index contributed by atoms with van der Waals surface area (Å²) in [7, 11) is 0. The van der Waals surface area contributed by atoms with Gasteiger partial charge in [-0.25, -0.2) is 0 Å². The predicted octanol–water partition coefficient (Wildman–Crippen LogP) is -2.36. The zero-order valence-corrected chi connectivity index (χ0v) is 15.2. The van der Waals surface area contributed by atoms with Crippen molar-refractivity contribution in [1.82, 2.24) is 20.9 Å². The van der Waals surface area contributed by atoms with Crippen LogP contribution in [0.3, 0.4) is 0 Å². The Bertz CT molecular complexity index is 553. The smallest absolute Gasteiger partial charge is 0.245 e. The molecule has 0 aromatic carbocycles. The van der Waals surface area contributed by atoms with Gasteiger partial charge in [0.1, 0.15) is 12.1 Å². The Morgan fingerprint density at radius 3 is 2.27 bits per heavy atom. The summed E-state index contributed by atoms with van der Waals surface area (Å²) in [5.41, 5.74) is 0. The number of amides is 4. The van der Waals surface area contributed by atoms with Crippen molar-refractivity contribution in [2.45, 2.75) is 64.1 Å². The number of likely N-dealkylation sites (tertiary alicyclic amines) is 1. The van der Waals surface area contributed by atoms with Gasteiger partial charge in [-0.05, 0) is 32.7 Å². The first-order chi connectivity index (χ1) is 12.0. The fraction of sp³-hybridized carbons (Fsp3) is 0.688. The number of rotatable bonds is 7. The quantitative estimate of drug-likeness (QED) is 0.250. The van der Waals surface area contributed by atoms with Gasteiger partial charge in [-0.2, -0.15) is 0 Å². The van der Waals surface area contributed by atoms with E-state index in [-0.39, 0.29) is 0 Å². The standard InChI is InChI=1S/C16H27N4O6/c1-8(17-11(4)21)13(22)18-9(2)15(24)20-7-5-6-12(20)14(23)19-10(3)16(25)26/h8-10,12,16,25-26H,1,5-7H2,2-4H3,(H,17,21)(H,18,22)(H,19,23)/q-1/t8-,9-,10-,12-/m0/s1. The number of carbonyl (C=O) groups excluding carboxylic acids is 4. The maximum Gasteiger partial charge on any atom is 0.245 e. The molecule has 0 radical (unpaired) electrons. The summed E-state index contributed by atoms with van der Waals surface area (Å²) in [4.78, 5) is 49.1. The second-order valence-electron chi connectivity index (χ2n) is 6.38. The normalized spacial score (nSPS) is 20.3. The molecule has 4 amide bonds. The van der Waals surface area contributed by atoms with Gasteiger partial charge in [0.05, 0.1) is 6.04 Å². The molecule has 10 heteroatoms. The summed E-state index contributed by atoms with van der Waals surface area (Å²) in [6.07, 6.45) is -0.647. The second kappa shape index (κ2) is 9.48. The Kier molecular flexibility index (Phi) is 7.97. The summed E-state index contributed by atoms with van der Waals surface area (Å²) >= 11 is 0. The fourth-order valence-electron chi connectivity index (χ4n) is 2.63. The van der Waals surface area contributed by atoms with Crippen LogP contribution < -0.4 is 16.0 Å². The second-order valence-corrected chi connectivity index (χ2v) is 6.38. The van der Waals surface area contributed by atoms with E-state index in [2.05, 4.69) is 22.9 Å². The van der Waals surface area contributed by atoms with E-state index in [0.717, 1.165) is 0 Å². The Morgan fingerprint density at radius 1 is 1.12 bits per heavy atom. The molecule has 1 heterocycles. The summed E-state index contributed by atoms with van der Waals surface area (Å²) in [6, 6.07) is -3.56. The molecule has 0 saturated carbocycles. The molecule has 10 nitrogen and oxygen atoms in total. The fourth-order valence-corrected chi connectivity index (χ4v) is 2.63. The van der Waals surface area contributed by atoms with Crippen molar-refractivity contribution >= 4 is 23.6 Å². The topological polar surface area (TPSA) is 148 Å². The van der Waals surface area contributed by atoms with Gasteiger partial charge in [0.2, 0.25) is 23.6 Å². The summed E-state index contributed by atoms with van der Waals surface area (Å²) in [6.45, 7) is 8.02. The van der Waals surface area contributed by atoms with Crippen molar-refractivity contribution in [3.63, 3.8) is 0 Å². The minimum Gasteiger partial charge on any atom is -0.374 e. The molecule has 1 saturated heterocycles. The molecule has 5 N–H and O–H groups in total. The lowest BCUT2D eigenvalue weighted by Gasteiger charge is -2.29. The van der Waals surface area contributed by atoms with Crippen LogP contribution in [-0.4, -0.2) is 75.7 Å². The molecule has 1 rings (SSSR count). The summed E-state index contributed by atoms with van der Waals surface area (Å²) < 4.78 is 0. The van der Waals surface area contributed by atoms with E-state index in [1.54, 1.807) is 0 Å². The third-order valence-corrected chi connectivity index (χ3v) is 4.08. The van der Waals surface area contributed by atoms with Gasteiger partial charge in [-0.3, -0.25) is 19.2 Å². The number of hydrogen-bond donors (Lipinski definition) is 5. The van der Waals surface area contributed by atoms with Crippen LogP contribution in [0.2, 0.25) is 0 Å². The minimum atomic E-state index is -1.70. The molecule has 0 aromatic heterocycles. The Labute approximate surface area is 152 Å². The Morgan fingerprint density at radius 2 is 1.73 bits per heavy atom. The molecule has 1 aliphatic rings. The molecule has 0 aromatic rings. The first-order valence-corrected chi connectivity index (χ1v) is 8.42. The van der Waals surface area contributed by atoms with E-state index in [0.29, 0.717) is 19.4 Å². The van der Waals surface area contributed by atoms with E-state index >= 15 is 0 Å². The molecule has 0 aliphatic carbocycles. The highest BCUT2D eigenvalue weighted by Gasteiger charge is 2.37. The van der Waals surface area contributed by atoms with Gasteiger partial charge >= 0.3 is 0 Å². The van der Waals surface area contributed by atoms with Crippen LogP contribution in [0.15, 0.2) is 0 Å². The monoisotopic (exact) mass is 371 g/mol. The third-order valence-electron chi connectivity index (χ3n) is 4.08. The van der Waals surface area contributed by atoms with Crippen molar-refractivity contribution in [3.8, 4) is 0 Å². The number of hydrogen-bond acceptors (Lipinski definition) is 6. The van der Waals surface area contributed by atoms with Crippen LogP contribution in [-0.2, 0) is 19.2 Å². The van der Waals surface area contributed by atoms with Crippen LogP contribution in [0.4, 0.5) is 0 Å². The van der Waals surface area contributed by atoms with Crippen LogP contribution in [0, 0.1) is 6.92 Å². The Hall–Kier alpha value is -2.20. The maximum atomic E-state index is 12.6. The molecule has 1 aliphatic heterocycles. The lowest BCUT2D eigenvalue weighted by atomic mass is 10.1. The lowest BCUT2D eigenvalue weighted by Crippen LogP contribution is -2.56. The summed E-state index contributed by atoms with van der Waals surface area (Å²) in [5, 5.41) is 25.4. The van der Waals surface area contributed by atoms with E-state index in [9.17, 15) is 19.2 Å². The van der Waals surface area contributed by atoms with Crippen molar-refractivity contribution in [2.24, 2.45) is 0 Å². The highest BCUT2D eigenvalue weighted by Crippen LogP contribution is 2.19. The highest BCUT2D eigenvalue weighted by molar-refractivity contribution is 5.94. The van der Waals surface area contributed by atoms with Gasteiger partial charge in [-0.15, -0.1) is 0 Å². The molecule has 0 bridgehead atoms. The lowest BCUT2D eigenvalue weighted by molar-refractivity contribution is -0.142. The van der Waals surface area contributed by atoms with Gasteiger partial charge in [0.15, 0.2) is 6.29 Å². The number of carbonyl (C=O) groups is 4. The average Bonchev–Trinajstić information content (AvgIpc) is 3.02. The molecule has 26 heavy (non-hydrogen) atoms. The minimum absolute atomic E-state index is 0.354. The zero-order chi connectivity index (χ0) is 20.0. The number of nitrogens with zero attached hydrogens (tertiary/aromatic N) is 1. The number of aliphatic hydroxyl groups excluding tert-OH is 1. The van der Waals surface area contributed by atoms with Crippen LogP contribution >= 0.6 is 0 Å². The molecule has 1 fully saturated rings. The van der Waals surface area contributed by atoms with E-state index in [1.165, 1.54) is 25.7 Å². The highest BCUT2D eigenvalue weighted by atomic mass is 16.5. The zero-order valence-electron chi connectivity index (χ0n) is 15.2. The van der Waals surface area contributed by atoms with Crippen LogP contribution in [0.1, 0.15) is 33.6 Å². The largest absolute Gasteiger partial charge is 0.374 e. The van der Waals surface area contributed by atoms with Crippen LogP contribution in [0.25, 0.3) is 0 Å². The van der Waals surface area contributed by atoms with E-state index in [4.69, 9.17) is 10.2 Å². The van der Waals surface area contributed by atoms with E-state index in [1.807, 2.05) is 0 Å². The summed E-state index contributed by atoms with van der Waals surface area (Å²) in [5.74, 6) is -1.96. The molecule has 4 atom stereocenters. The van der Waals surface area contributed by atoms with E-state index < -0.39 is 54.1 Å². The van der Waals surface area contributed by atoms with Crippen LogP contribution in [0.5, 0.6) is 0 Å². The van der Waals surface area contributed by atoms with Gasteiger partial charge in [-0.1, -0.05) is 0 Å². The predicted molar refractivity (Wildman–Crippen MR) is 91.1 cm³/mol. The third kappa shape index (κ3) is 5.95. The SMILES string of the molecule is [CH2-][C@H](NC(C)=O)C(=O)N[C@@H](C)C(=O)N1CCC[C@H]1C(=O)N[C@@H](C)C(O)O. The van der Waals surface area contributed by atoms with Crippen molar-refractivity contribution < 1.29 is 29.4 Å². The molecular formula is C16H27N4O6-. The first-order valence-electron chi connectivity index (χ1n) is 8.42. The molecule has 148 valence electrons. The van der Waals surface area contributed by atoms with Gasteiger partial charge in [0.25, 0.3) is 0 Å². The molecule has 0 spiro atoms. The maximum absolute atomic E-state index is 12.6. The van der Waals surface area contributed by atoms with Crippen molar-refractivity contribution in [3.05, 3.63) is 6.92 Å². The first kappa shape index (κ1) is 21.8. The molecular weight excluding hydrogens is 344 g/mol. The average molecular weight is 371 g/mol. The Balaban J connectivity index is 2.67.